The van der Waals surface area contributed by atoms with Crippen molar-refractivity contribution in [3.63, 3.8) is 0 Å². The fourth-order valence-corrected chi connectivity index (χ4v) is 1.68. The second kappa shape index (κ2) is 4.52. The molecule has 2 heterocycles. The van der Waals surface area contributed by atoms with Gasteiger partial charge in [0.05, 0.1) is 0 Å². The molecule has 3 rings (SSSR count). The van der Waals surface area contributed by atoms with Crippen LogP contribution < -0.4 is 5.69 Å². The predicted octanol–water partition coefficient (Wildman–Crippen LogP) is 0.680. The van der Waals surface area contributed by atoms with E-state index in [1.54, 1.807) is 7.05 Å². The van der Waals surface area contributed by atoms with Crippen molar-refractivity contribution in [3.05, 3.63) is 53.0 Å². The Morgan fingerprint density at radius 2 is 2.05 bits per heavy atom. The lowest BCUT2D eigenvalue weighted by Crippen LogP contribution is -2.23. The molecule has 0 saturated carbocycles. The monoisotopic (exact) mass is 257 g/mol. The molecule has 0 atom stereocenters. The van der Waals surface area contributed by atoms with Crippen LogP contribution in [0, 0.1) is 0 Å². The molecule has 0 N–H and O–H groups in total. The fraction of sp³-hybridized carbons (Fsp3) is 0.167. The molecule has 2 aromatic heterocycles. The molecular weight excluding hydrogens is 246 g/mol. The summed E-state index contributed by atoms with van der Waals surface area (Å²) in [7, 11) is 1.63. The molecule has 0 amide bonds. The Labute approximate surface area is 108 Å². The van der Waals surface area contributed by atoms with Gasteiger partial charge in [-0.2, -0.15) is 10.1 Å². The van der Waals surface area contributed by atoms with Crippen molar-refractivity contribution in [1.29, 1.82) is 0 Å². The van der Waals surface area contributed by atoms with Gasteiger partial charge in [0.2, 0.25) is 11.7 Å². The molecule has 96 valence electrons. The van der Waals surface area contributed by atoms with Crippen LogP contribution in [0.15, 0.2) is 46.0 Å². The molecule has 0 fully saturated rings. The van der Waals surface area contributed by atoms with E-state index in [1.807, 2.05) is 30.3 Å². The third kappa shape index (κ3) is 2.17. The van der Waals surface area contributed by atoms with E-state index in [4.69, 9.17) is 4.52 Å². The zero-order valence-corrected chi connectivity index (χ0v) is 10.2. The first-order valence-corrected chi connectivity index (χ1v) is 5.70. The van der Waals surface area contributed by atoms with Crippen LogP contribution in [-0.4, -0.2) is 24.5 Å². The first-order valence-electron chi connectivity index (χ1n) is 5.70. The summed E-state index contributed by atoms with van der Waals surface area (Å²) in [5.74, 6) is 0.847. The van der Waals surface area contributed by atoms with Crippen molar-refractivity contribution in [1.82, 2.24) is 24.5 Å². The summed E-state index contributed by atoms with van der Waals surface area (Å²) in [5, 5.41) is 7.81. The maximum absolute atomic E-state index is 11.6. The van der Waals surface area contributed by atoms with E-state index >= 15 is 0 Å². The van der Waals surface area contributed by atoms with E-state index in [0.29, 0.717) is 11.7 Å². The molecule has 0 aliphatic carbocycles. The lowest BCUT2D eigenvalue weighted by Gasteiger charge is -1.92. The molecule has 7 heteroatoms. The minimum absolute atomic E-state index is 0.166. The molecule has 0 saturated heterocycles. The third-order valence-electron chi connectivity index (χ3n) is 2.67. The summed E-state index contributed by atoms with van der Waals surface area (Å²) in [4.78, 5) is 15.9. The van der Waals surface area contributed by atoms with E-state index < -0.39 is 0 Å². The average Bonchev–Trinajstić information content (AvgIpc) is 3.02. The molecule has 1 aromatic carbocycles. The van der Waals surface area contributed by atoms with Crippen LogP contribution in [0.2, 0.25) is 0 Å². The van der Waals surface area contributed by atoms with Gasteiger partial charge >= 0.3 is 5.69 Å². The molecule has 0 radical (unpaired) electrons. The summed E-state index contributed by atoms with van der Waals surface area (Å²) in [6.45, 7) is 0.166. The topological polar surface area (TPSA) is 78.7 Å². The molecule has 7 nitrogen and oxygen atoms in total. The van der Waals surface area contributed by atoms with E-state index in [0.717, 1.165) is 5.56 Å². The van der Waals surface area contributed by atoms with Crippen LogP contribution in [0.1, 0.15) is 5.89 Å². The molecule has 0 spiro atoms. The summed E-state index contributed by atoms with van der Waals surface area (Å²) in [6.07, 6.45) is 1.44. The van der Waals surface area contributed by atoms with Crippen molar-refractivity contribution >= 4 is 0 Å². The molecule has 3 aromatic rings. The molecule has 0 unspecified atom stereocenters. The van der Waals surface area contributed by atoms with Crippen LogP contribution in [0.4, 0.5) is 0 Å². The Morgan fingerprint density at radius 1 is 1.26 bits per heavy atom. The number of benzene rings is 1. The smallest absolute Gasteiger partial charge is 0.337 e. The Balaban J connectivity index is 1.86. The average molecular weight is 257 g/mol. The lowest BCUT2D eigenvalue weighted by molar-refractivity contribution is 0.364. The zero-order valence-electron chi connectivity index (χ0n) is 10.2. The van der Waals surface area contributed by atoms with E-state index in [-0.39, 0.29) is 12.2 Å². The zero-order chi connectivity index (χ0) is 13.2. The number of nitrogens with zero attached hydrogens (tertiary/aromatic N) is 5. The van der Waals surface area contributed by atoms with Crippen molar-refractivity contribution in [3.8, 4) is 11.4 Å². The number of aromatic nitrogens is 5. The Bertz CT molecular complexity index is 741. The maximum Gasteiger partial charge on any atom is 0.345 e. The summed E-state index contributed by atoms with van der Waals surface area (Å²) >= 11 is 0. The second-order valence-corrected chi connectivity index (χ2v) is 4.06. The van der Waals surface area contributed by atoms with Gasteiger partial charge in [-0.1, -0.05) is 35.5 Å². The van der Waals surface area contributed by atoms with Crippen LogP contribution in [0.3, 0.4) is 0 Å². The first kappa shape index (κ1) is 11.4. The lowest BCUT2D eigenvalue weighted by atomic mass is 10.2. The Hall–Kier alpha value is -2.70. The van der Waals surface area contributed by atoms with Gasteiger partial charge in [-0.05, 0) is 0 Å². The highest BCUT2D eigenvalue weighted by Crippen LogP contribution is 2.14. The number of hydrogen-bond donors (Lipinski definition) is 0. The number of aryl methyl sites for hydroxylation is 1. The standard InChI is InChI=1S/C12H11N5O2/c1-16-8-13-17(12(16)18)7-10-14-11(15-19-10)9-5-3-2-4-6-9/h2-6,8H,7H2,1H3. The largest absolute Gasteiger partial charge is 0.345 e. The van der Waals surface area contributed by atoms with Gasteiger partial charge < -0.3 is 4.52 Å². The van der Waals surface area contributed by atoms with Gasteiger partial charge in [-0.25, -0.2) is 9.48 Å². The number of hydrogen-bond acceptors (Lipinski definition) is 5. The summed E-state index contributed by atoms with van der Waals surface area (Å²) in [6, 6.07) is 9.49. The highest BCUT2D eigenvalue weighted by atomic mass is 16.5. The molecule has 0 bridgehead atoms. The van der Waals surface area contributed by atoms with Crippen LogP contribution >= 0.6 is 0 Å². The van der Waals surface area contributed by atoms with Crippen molar-refractivity contribution < 1.29 is 4.52 Å². The van der Waals surface area contributed by atoms with Crippen molar-refractivity contribution in [2.24, 2.45) is 7.05 Å². The van der Waals surface area contributed by atoms with Crippen molar-refractivity contribution in [2.75, 3.05) is 0 Å². The number of rotatable bonds is 3. The second-order valence-electron chi connectivity index (χ2n) is 4.06. The SMILES string of the molecule is Cn1cnn(Cc2nc(-c3ccccc3)no2)c1=O. The third-order valence-corrected chi connectivity index (χ3v) is 2.67. The quantitative estimate of drug-likeness (QED) is 0.689. The maximum atomic E-state index is 11.6. The van der Waals surface area contributed by atoms with Gasteiger partial charge in [0.15, 0.2) is 0 Å². The minimum atomic E-state index is -0.223. The molecule has 0 aliphatic rings. The normalized spacial score (nSPS) is 10.8. The van der Waals surface area contributed by atoms with Crippen LogP contribution in [-0.2, 0) is 13.6 Å². The van der Waals surface area contributed by atoms with Crippen LogP contribution in [0.25, 0.3) is 11.4 Å². The summed E-state index contributed by atoms with van der Waals surface area (Å²) < 4.78 is 7.77. The van der Waals surface area contributed by atoms with Gasteiger partial charge in [0.25, 0.3) is 0 Å². The van der Waals surface area contributed by atoms with Gasteiger partial charge in [0.1, 0.15) is 12.9 Å². The van der Waals surface area contributed by atoms with Gasteiger partial charge in [0, 0.05) is 12.6 Å². The van der Waals surface area contributed by atoms with E-state index in [9.17, 15) is 4.79 Å². The van der Waals surface area contributed by atoms with Crippen LogP contribution in [0.5, 0.6) is 0 Å². The van der Waals surface area contributed by atoms with Crippen molar-refractivity contribution in [2.45, 2.75) is 6.54 Å². The highest BCUT2D eigenvalue weighted by molar-refractivity contribution is 5.53. The Morgan fingerprint density at radius 3 is 2.74 bits per heavy atom. The molecule has 19 heavy (non-hydrogen) atoms. The molecular formula is C12H11N5O2. The van der Waals surface area contributed by atoms with E-state index in [1.165, 1.54) is 15.6 Å². The first-order chi connectivity index (χ1) is 9.24. The minimum Gasteiger partial charge on any atom is -0.337 e. The van der Waals surface area contributed by atoms with Gasteiger partial charge in [-0.3, -0.25) is 4.57 Å². The Kier molecular flexibility index (Phi) is 2.71. The predicted molar refractivity (Wildman–Crippen MR) is 66.3 cm³/mol. The molecule has 0 aliphatic heterocycles. The summed E-state index contributed by atoms with van der Waals surface area (Å²) in [5.41, 5.74) is 0.644. The van der Waals surface area contributed by atoms with Gasteiger partial charge in [-0.15, -0.1) is 0 Å². The van der Waals surface area contributed by atoms with E-state index in [2.05, 4.69) is 15.2 Å². The fourth-order valence-electron chi connectivity index (χ4n) is 1.68. The highest BCUT2D eigenvalue weighted by Gasteiger charge is 2.11.